The van der Waals surface area contributed by atoms with E-state index in [0.717, 1.165) is 0 Å². The van der Waals surface area contributed by atoms with Crippen LogP contribution in [0.2, 0.25) is 0 Å². The summed E-state index contributed by atoms with van der Waals surface area (Å²) in [5, 5.41) is 0. The van der Waals surface area contributed by atoms with Gasteiger partial charge < -0.3 is 0 Å². The van der Waals surface area contributed by atoms with Gasteiger partial charge in [-0.2, -0.15) is 13.2 Å². The first kappa shape index (κ1) is 12.1. The number of carbonyl (C=O) groups excluding carboxylic acids is 1. The molecule has 0 atom stereocenters. The van der Waals surface area contributed by atoms with Gasteiger partial charge in [0, 0.05) is 11.1 Å². The summed E-state index contributed by atoms with van der Waals surface area (Å²) in [4.78, 5) is 10.3. The van der Waals surface area contributed by atoms with Crippen molar-refractivity contribution in [3.63, 3.8) is 0 Å². The molecule has 0 N–H and O–H groups in total. The average Bonchev–Trinajstić information content (AvgIpc) is 2.25. The first-order chi connectivity index (χ1) is 7.43. The number of rotatable bonds is 1. The van der Waals surface area contributed by atoms with Gasteiger partial charge in [0.15, 0.2) is 0 Å². The standard InChI is InChI=1S/C12H7F3O/c1-9(12(13,14)15)2-3-10-4-6-11(8-16)7-5-10/h4-8H,1H2. The van der Waals surface area contributed by atoms with E-state index in [0.29, 0.717) is 17.4 Å². The van der Waals surface area contributed by atoms with Gasteiger partial charge in [-0.15, -0.1) is 0 Å². The second kappa shape index (κ2) is 4.67. The van der Waals surface area contributed by atoms with Crippen molar-refractivity contribution in [3.8, 4) is 11.8 Å². The largest absolute Gasteiger partial charge is 0.423 e. The van der Waals surface area contributed by atoms with Gasteiger partial charge >= 0.3 is 6.18 Å². The summed E-state index contributed by atoms with van der Waals surface area (Å²) in [5.74, 6) is 4.24. The number of hydrogen-bond donors (Lipinski definition) is 0. The van der Waals surface area contributed by atoms with Gasteiger partial charge in [-0.05, 0) is 12.1 Å². The Labute approximate surface area is 90.6 Å². The Bertz CT molecular complexity index is 458. The van der Waals surface area contributed by atoms with Crippen LogP contribution < -0.4 is 0 Å². The fourth-order valence-corrected chi connectivity index (χ4v) is 0.864. The second-order valence-corrected chi connectivity index (χ2v) is 2.97. The molecule has 0 amide bonds. The Morgan fingerprint density at radius 2 is 1.81 bits per heavy atom. The van der Waals surface area contributed by atoms with E-state index < -0.39 is 11.7 Å². The van der Waals surface area contributed by atoms with Crippen LogP contribution in [0.1, 0.15) is 15.9 Å². The molecule has 0 aliphatic heterocycles. The molecule has 0 unspecified atom stereocenters. The topological polar surface area (TPSA) is 17.1 Å². The Morgan fingerprint density at radius 1 is 1.25 bits per heavy atom. The van der Waals surface area contributed by atoms with E-state index in [4.69, 9.17) is 0 Å². The van der Waals surface area contributed by atoms with E-state index in [2.05, 4.69) is 12.5 Å². The molecule has 0 spiro atoms. The third-order valence-corrected chi connectivity index (χ3v) is 1.75. The van der Waals surface area contributed by atoms with Crippen molar-refractivity contribution in [2.75, 3.05) is 0 Å². The number of aldehydes is 1. The molecule has 16 heavy (non-hydrogen) atoms. The molecule has 1 nitrogen and oxygen atoms in total. The summed E-state index contributed by atoms with van der Waals surface area (Å²) in [5.41, 5.74) is -0.247. The molecule has 0 fully saturated rings. The predicted octanol–water partition coefficient (Wildman–Crippen LogP) is 2.97. The van der Waals surface area contributed by atoms with Crippen molar-refractivity contribution in [2.24, 2.45) is 0 Å². The molecule has 1 aromatic rings. The molecule has 0 aromatic heterocycles. The summed E-state index contributed by atoms with van der Waals surface area (Å²) in [7, 11) is 0. The van der Waals surface area contributed by atoms with Crippen LogP contribution in [0, 0.1) is 11.8 Å². The van der Waals surface area contributed by atoms with Gasteiger partial charge in [0.05, 0.1) is 5.57 Å². The van der Waals surface area contributed by atoms with Crippen molar-refractivity contribution < 1.29 is 18.0 Å². The van der Waals surface area contributed by atoms with Crippen molar-refractivity contribution in [3.05, 3.63) is 47.5 Å². The summed E-state index contributed by atoms with van der Waals surface area (Å²) >= 11 is 0. The van der Waals surface area contributed by atoms with Gasteiger partial charge in [-0.3, -0.25) is 4.79 Å². The highest BCUT2D eigenvalue weighted by Gasteiger charge is 2.30. The molecule has 0 aliphatic carbocycles. The maximum Gasteiger partial charge on any atom is 0.423 e. The first-order valence-corrected chi connectivity index (χ1v) is 4.27. The maximum atomic E-state index is 12.0. The minimum Gasteiger partial charge on any atom is -0.298 e. The summed E-state index contributed by atoms with van der Waals surface area (Å²) < 4.78 is 36.1. The number of allylic oxidation sites excluding steroid dienone is 1. The van der Waals surface area contributed by atoms with Gasteiger partial charge in [0.1, 0.15) is 6.29 Å². The van der Waals surface area contributed by atoms with E-state index in [-0.39, 0.29) is 0 Å². The van der Waals surface area contributed by atoms with E-state index in [1.807, 2.05) is 5.92 Å². The van der Waals surface area contributed by atoms with Crippen LogP contribution >= 0.6 is 0 Å². The van der Waals surface area contributed by atoms with E-state index >= 15 is 0 Å². The van der Waals surface area contributed by atoms with E-state index in [9.17, 15) is 18.0 Å². The van der Waals surface area contributed by atoms with Gasteiger partial charge in [0.25, 0.3) is 0 Å². The Balaban J connectivity index is 2.85. The van der Waals surface area contributed by atoms with Crippen molar-refractivity contribution in [2.45, 2.75) is 6.18 Å². The maximum absolute atomic E-state index is 12.0. The predicted molar refractivity (Wildman–Crippen MR) is 53.9 cm³/mol. The number of alkyl halides is 3. The third kappa shape index (κ3) is 3.28. The highest BCUT2D eigenvalue weighted by Crippen LogP contribution is 2.23. The van der Waals surface area contributed by atoms with Crippen LogP contribution in [-0.2, 0) is 0 Å². The van der Waals surface area contributed by atoms with Crippen LogP contribution in [-0.4, -0.2) is 12.5 Å². The SMILES string of the molecule is C=C(C#Cc1ccc(C=O)cc1)C(F)(F)F. The van der Waals surface area contributed by atoms with Crippen LogP contribution in [0.3, 0.4) is 0 Å². The lowest BCUT2D eigenvalue weighted by Gasteiger charge is -2.01. The number of carbonyl (C=O) groups is 1. The third-order valence-electron chi connectivity index (χ3n) is 1.75. The van der Waals surface area contributed by atoms with Crippen molar-refractivity contribution in [1.29, 1.82) is 0 Å². The summed E-state index contributed by atoms with van der Waals surface area (Å²) in [6.45, 7) is 2.82. The normalized spacial score (nSPS) is 10.2. The van der Waals surface area contributed by atoms with Crippen LogP contribution in [0.4, 0.5) is 13.2 Å². The van der Waals surface area contributed by atoms with Gasteiger partial charge in [-0.1, -0.05) is 30.6 Å². The monoisotopic (exact) mass is 224 g/mol. The lowest BCUT2D eigenvalue weighted by atomic mass is 10.1. The van der Waals surface area contributed by atoms with Gasteiger partial charge in [0.2, 0.25) is 0 Å². The van der Waals surface area contributed by atoms with Gasteiger partial charge in [-0.25, -0.2) is 0 Å². The molecule has 0 heterocycles. The quantitative estimate of drug-likeness (QED) is 0.529. The Hall–Kier alpha value is -2.02. The van der Waals surface area contributed by atoms with Crippen LogP contribution in [0.15, 0.2) is 36.4 Å². The molecule has 0 saturated carbocycles. The Kier molecular flexibility index (Phi) is 3.51. The minimum absolute atomic E-state index is 0.399. The molecule has 0 bridgehead atoms. The number of benzene rings is 1. The Morgan fingerprint density at radius 3 is 2.25 bits per heavy atom. The van der Waals surface area contributed by atoms with Crippen molar-refractivity contribution in [1.82, 2.24) is 0 Å². The zero-order valence-corrected chi connectivity index (χ0v) is 8.14. The molecule has 82 valence electrons. The molecular weight excluding hydrogens is 217 g/mol. The molecule has 1 rings (SSSR count). The molecule has 0 radical (unpaired) electrons. The first-order valence-electron chi connectivity index (χ1n) is 4.27. The zero-order valence-electron chi connectivity index (χ0n) is 8.14. The molecule has 0 aliphatic rings. The smallest absolute Gasteiger partial charge is 0.298 e. The molecule has 1 aromatic carbocycles. The van der Waals surface area contributed by atoms with E-state index in [1.165, 1.54) is 24.3 Å². The molecule has 0 saturated heterocycles. The zero-order chi connectivity index (χ0) is 12.2. The highest BCUT2D eigenvalue weighted by atomic mass is 19.4. The minimum atomic E-state index is -4.49. The molecule has 4 heteroatoms. The summed E-state index contributed by atoms with van der Waals surface area (Å²) in [6.07, 6.45) is -3.85. The number of halogens is 3. The fraction of sp³-hybridized carbons (Fsp3) is 0.0833. The highest BCUT2D eigenvalue weighted by molar-refractivity contribution is 5.74. The fourth-order valence-electron chi connectivity index (χ4n) is 0.864. The average molecular weight is 224 g/mol. The molecular formula is C12H7F3O. The van der Waals surface area contributed by atoms with E-state index in [1.54, 1.807) is 0 Å². The van der Waals surface area contributed by atoms with Crippen LogP contribution in [0.5, 0.6) is 0 Å². The second-order valence-electron chi connectivity index (χ2n) is 2.97. The lowest BCUT2D eigenvalue weighted by Crippen LogP contribution is -2.08. The lowest BCUT2D eigenvalue weighted by molar-refractivity contribution is -0.0868. The van der Waals surface area contributed by atoms with Crippen LogP contribution in [0.25, 0.3) is 0 Å². The number of hydrogen-bond acceptors (Lipinski definition) is 1. The van der Waals surface area contributed by atoms with Crippen molar-refractivity contribution >= 4 is 6.29 Å². The summed E-state index contributed by atoms with van der Waals surface area (Å²) in [6, 6.07) is 5.90.